The number of nitrogens with zero attached hydrogens (tertiary/aromatic N) is 1. The van der Waals surface area contributed by atoms with E-state index in [0.717, 1.165) is 36.1 Å². The van der Waals surface area contributed by atoms with Crippen molar-refractivity contribution in [3.63, 3.8) is 0 Å². The molecule has 6 heteroatoms. The van der Waals surface area contributed by atoms with Crippen molar-refractivity contribution in [1.82, 2.24) is 10.2 Å². The van der Waals surface area contributed by atoms with Crippen LogP contribution in [0.3, 0.4) is 0 Å². The third-order valence-corrected chi connectivity index (χ3v) is 6.14. The lowest BCUT2D eigenvalue weighted by Crippen LogP contribution is -2.45. The highest BCUT2D eigenvalue weighted by Crippen LogP contribution is 2.28. The van der Waals surface area contributed by atoms with Gasteiger partial charge in [0.1, 0.15) is 6.04 Å². The topological polar surface area (TPSA) is 62.6 Å². The number of nitrogens with one attached hydrogen (secondary N) is 1. The van der Waals surface area contributed by atoms with Gasteiger partial charge < -0.3 is 14.6 Å². The summed E-state index contributed by atoms with van der Waals surface area (Å²) in [7, 11) is 0. The van der Waals surface area contributed by atoms with Crippen LogP contribution in [0, 0.1) is 0 Å². The van der Waals surface area contributed by atoms with Gasteiger partial charge in [0.25, 0.3) is 5.91 Å². The normalized spacial score (nSPS) is 15.2. The Morgan fingerprint density at radius 3 is 2.52 bits per heavy atom. The lowest BCUT2D eigenvalue weighted by molar-refractivity contribution is -0.126. The van der Waals surface area contributed by atoms with Gasteiger partial charge in [0.2, 0.25) is 5.91 Å². The molecule has 5 nitrogen and oxygen atoms in total. The Morgan fingerprint density at radius 2 is 1.86 bits per heavy atom. The summed E-state index contributed by atoms with van der Waals surface area (Å²) < 4.78 is 5.38. The molecule has 29 heavy (non-hydrogen) atoms. The number of benzene rings is 1. The van der Waals surface area contributed by atoms with Crippen LogP contribution in [0.25, 0.3) is 0 Å². The van der Waals surface area contributed by atoms with E-state index in [1.54, 1.807) is 28.4 Å². The zero-order chi connectivity index (χ0) is 20.1. The van der Waals surface area contributed by atoms with Gasteiger partial charge in [-0.2, -0.15) is 0 Å². The summed E-state index contributed by atoms with van der Waals surface area (Å²) in [6.45, 7) is 0.342. The summed E-state index contributed by atoms with van der Waals surface area (Å²) in [5.41, 5.74) is 0.791. The molecule has 1 aliphatic carbocycles. The van der Waals surface area contributed by atoms with Crippen LogP contribution in [0.15, 0.2) is 70.7 Å². The Kier molecular flexibility index (Phi) is 6.10. The Bertz CT molecular complexity index is 916. The molecule has 3 aromatic rings. The Hall–Kier alpha value is -2.86. The van der Waals surface area contributed by atoms with Crippen LogP contribution in [0.2, 0.25) is 0 Å². The predicted octanol–water partition coefficient (Wildman–Crippen LogP) is 4.78. The first-order chi connectivity index (χ1) is 14.2. The highest BCUT2D eigenvalue weighted by molar-refractivity contribution is 7.09. The van der Waals surface area contributed by atoms with Gasteiger partial charge in [-0.05, 0) is 42.0 Å². The SMILES string of the molecule is O=C(NC1CCCC1)[C@H](c1ccccc1)N(Cc1cccs1)C(=O)c1ccco1. The maximum absolute atomic E-state index is 13.4. The van der Waals surface area contributed by atoms with Crippen LogP contribution < -0.4 is 5.32 Å². The zero-order valence-corrected chi connectivity index (χ0v) is 16.9. The van der Waals surface area contributed by atoms with Crippen LogP contribution in [0.4, 0.5) is 0 Å². The van der Waals surface area contributed by atoms with E-state index in [-0.39, 0.29) is 23.6 Å². The molecular weight excluding hydrogens is 384 g/mol. The molecule has 1 N–H and O–H groups in total. The van der Waals surface area contributed by atoms with E-state index in [1.807, 2.05) is 47.8 Å². The summed E-state index contributed by atoms with van der Waals surface area (Å²) in [5.74, 6) is -0.199. The van der Waals surface area contributed by atoms with Crippen LogP contribution >= 0.6 is 11.3 Å². The van der Waals surface area contributed by atoms with E-state index >= 15 is 0 Å². The summed E-state index contributed by atoms with van der Waals surface area (Å²) in [6, 6.07) is 16.2. The second-order valence-electron chi connectivity index (χ2n) is 7.29. The van der Waals surface area contributed by atoms with Crippen molar-refractivity contribution in [3.8, 4) is 0 Å². The zero-order valence-electron chi connectivity index (χ0n) is 16.1. The molecule has 1 saturated carbocycles. The highest BCUT2D eigenvalue weighted by Gasteiger charge is 2.34. The lowest BCUT2D eigenvalue weighted by Gasteiger charge is -2.31. The molecule has 0 bridgehead atoms. The summed E-state index contributed by atoms with van der Waals surface area (Å²) >= 11 is 1.57. The van der Waals surface area contributed by atoms with Gasteiger partial charge in [-0.15, -0.1) is 11.3 Å². The maximum atomic E-state index is 13.4. The molecule has 0 saturated heterocycles. The maximum Gasteiger partial charge on any atom is 0.290 e. The van der Waals surface area contributed by atoms with Crippen LogP contribution in [-0.4, -0.2) is 22.8 Å². The molecule has 150 valence electrons. The average molecular weight is 409 g/mol. The van der Waals surface area contributed by atoms with Crippen molar-refractivity contribution in [3.05, 3.63) is 82.4 Å². The fourth-order valence-electron chi connectivity index (χ4n) is 3.85. The van der Waals surface area contributed by atoms with E-state index < -0.39 is 6.04 Å². The molecule has 2 aromatic heterocycles. The predicted molar refractivity (Wildman–Crippen MR) is 112 cm³/mol. The minimum absolute atomic E-state index is 0.139. The van der Waals surface area contributed by atoms with Gasteiger partial charge in [-0.25, -0.2) is 0 Å². The summed E-state index contributed by atoms with van der Waals surface area (Å²) in [5, 5.41) is 5.15. The van der Waals surface area contributed by atoms with Gasteiger partial charge in [-0.1, -0.05) is 49.2 Å². The van der Waals surface area contributed by atoms with Crippen molar-refractivity contribution < 1.29 is 14.0 Å². The number of rotatable bonds is 7. The van der Waals surface area contributed by atoms with Crippen molar-refractivity contribution in [2.24, 2.45) is 0 Å². The molecule has 2 heterocycles. The molecule has 4 rings (SSSR count). The van der Waals surface area contributed by atoms with Gasteiger partial charge in [0.15, 0.2) is 5.76 Å². The fraction of sp³-hybridized carbons (Fsp3) is 0.304. The monoisotopic (exact) mass is 408 g/mol. The Balaban J connectivity index is 1.70. The van der Waals surface area contributed by atoms with E-state index in [4.69, 9.17) is 4.42 Å². The standard InChI is InChI=1S/C23H24N2O3S/c26-22(24-18-10-4-5-11-18)21(17-8-2-1-3-9-17)25(16-19-12-7-15-29-19)23(27)20-13-6-14-28-20/h1-3,6-9,12-15,18,21H,4-5,10-11,16H2,(H,24,26)/t21-/m0/s1. The van der Waals surface area contributed by atoms with Gasteiger partial charge in [0, 0.05) is 10.9 Å². The number of carbonyl (C=O) groups excluding carboxylic acids is 2. The number of hydrogen-bond donors (Lipinski definition) is 1. The molecule has 1 fully saturated rings. The average Bonchev–Trinajstić information content (AvgIpc) is 3.51. The Labute approximate surface area is 174 Å². The fourth-order valence-corrected chi connectivity index (χ4v) is 4.55. The van der Waals surface area contributed by atoms with Crippen LogP contribution in [0.1, 0.15) is 52.7 Å². The number of hydrogen-bond acceptors (Lipinski definition) is 4. The first-order valence-corrected chi connectivity index (χ1v) is 10.8. The molecule has 1 aliphatic rings. The van der Waals surface area contributed by atoms with Crippen molar-refractivity contribution in [1.29, 1.82) is 0 Å². The van der Waals surface area contributed by atoms with Crippen LogP contribution in [-0.2, 0) is 11.3 Å². The highest BCUT2D eigenvalue weighted by atomic mass is 32.1. The van der Waals surface area contributed by atoms with Crippen molar-refractivity contribution in [2.45, 2.75) is 44.3 Å². The first kappa shape index (κ1) is 19.5. The van der Waals surface area contributed by atoms with Gasteiger partial charge >= 0.3 is 0 Å². The molecule has 2 amide bonds. The van der Waals surface area contributed by atoms with E-state index in [0.29, 0.717) is 6.54 Å². The van der Waals surface area contributed by atoms with Crippen molar-refractivity contribution >= 4 is 23.2 Å². The first-order valence-electron chi connectivity index (χ1n) is 9.94. The number of carbonyl (C=O) groups is 2. The van der Waals surface area contributed by atoms with E-state index in [9.17, 15) is 9.59 Å². The van der Waals surface area contributed by atoms with E-state index in [2.05, 4.69) is 5.32 Å². The lowest BCUT2D eigenvalue weighted by atomic mass is 10.0. The van der Waals surface area contributed by atoms with E-state index in [1.165, 1.54) is 6.26 Å². The van der Waals surface area contributed by atoms with Crippen molar-refractivity contribution in [2.75, 3.05) is 0 Å². The molecular formula is C23H24N2O3S. The Morgan fingerprint density at radius 1 is 1.07 bits per heavy atom. The second-order valence-corrected chi connectivity index (χ2v) is 8.33. The third-order valence-electron chi connectivity index (χ3n) is 5.28. The largest absolute Gasteiger partial charge is 0.459 e. The molecule has 1 atom stereocenters. The van der Waals surface area contributed by atoms with Gasteiger partial charge in [-0.3, -0.25) is 9.59 Å². The minimum Gasteiger partial charge on any atom is -0.459 e. The second kappa shape index (κ2) is 9.09. The van der Waals surface area contributed by atoms with Crippen LogP contribution in [0.5, 0.6) is 0 Å². The molecule has 0 radical (unpaired) electrons. The number of thiophene rings is 1. The smallest absolute Gasteiger partial charge is 0.290 e. The summed E-state index contributed by atoms with van der Waals surface area (Å²) in [6.07, 6.45) is 5.72. The molecule has 0 aliphatic heterocycles. The molecule has 0 spiro atoms. The molecule has 0 unspecified atom stereocenters. The number of furan rings is 1. The molecule has 1 aromatic carbocycles. The minimum atomic E-state index is -0.725. The van der Waals surface area contributed by atoms with Gasteiger partial charge in [0.05, 0.1) is 12.8 Å². The third kappa shape index (κ3) is 4.59. The quantitative estimate of drug-likeness (QED) is 0.612. The summed E-state index contributed by atoms with van der Waals surface area (Å²) in [4.78, 5) is 29.4. The number of amides is 2.